The number of anilines is 3. The lowest BCUT2D eigenvalue weighted by atomic mass is 10.00. The van der Waals surface area contributed by atoms with Gasteiger partial charge < -0.3 is 13.7 Å². The topological polar surface area (TPSA) is 42.4 Å². The summed E-state index contributed by atoms with van der Waals surface area (Å²) in [6.45, 7) is 0. The first kappa shape index (κ1) is 25.4. The number of aromatic nitrogens is 1. The molecule has 0 radical (unpaired) electrons. The fourth-order valence-corrected chi connectivity index (χ4v) is 6.27. The monoisotopic (exact) mass is 578 g/mol. The van der Waals surface area contributed by atoms with Gasteiger partial charge in [0.15, 0.2) is 5.58 Å². The van der Waals surface area contributed by atoms with Crippen LogP contribution < -0.4 is 4.90 Å². The minimum atomic E-state index is 0.635. The Morgan fingerprint density at radius 3 is 1.93 bits per heavy atom. The van der Waals surface area contributed by atoms with Crippen molar-refractivity contribution in [3.05, 3.63) is 158 Å². The fraction of sp³-hybridized carbons (Fsp3) is 0. The summed E-state index contributed by atoms with van der Waals surface area (Å²) < 4.78 is 12.4. The van der Waals surface area contributed by atoms with Gasteiger partial charge in [0.25, 0.3) is 0 Å². The normalized spacial score (nSPS) is 11.6. The molecular weight excluding hydrogens is 552 g/mol. The molecule has 45 heavy (non-hydrogen) atoms. The van der Waals surface area contributed by atoms with Gasteiger partial charge >= 0.3 is 0 Å². The van der Waals surface area contributed by atoms with Crippen LogP contribution in [0.4, 0.5) is 17.1 Å². The summed E-state index contributed by atoms with van der Waals surface area (Å²) >= 11 is 0. The molecule has 9 aromatic rings. The molecule has 4 nitrogen and oxygen atoms in total. The van der Waals surface area contributed by atoms with Gasteiger partial charge in [0.1, 0.15) is 16.7 Å². The number of hydrogen-bond donors (Lipinski definition) is 0. The molecule has 0 aliphatic carbocycles. The van der Waals surface area contributed by atoms with E-state index in [9.17, 15) is 0 Å². The van der Waals surface area contributed by atoms with Crippen molar-refractivity contribution in [3.8, 4) is 22.6 Å². The molecule has 0 spiro atoms. The van der Waals surface area contributed by atoms with Gasteiger partial charge in [-0.3, -0.25) is 0 Å². The van der Waals surface area contributed by atoms with Gasteiger partial charge in [0.2, 0.25) is 5.89 Å². The predicted octanol–water partition coefficient (Wildman–Crippen LogP) is 11.7. The van der Waals surface area contributed by atoms with Crippen molar-refractivity contribution >= 4 is 60.9 Å². The second-order valence-corrected chi connectivity index (χ2v) is 11.2. The van der Waals surface area contributed by atoms with Crippen LogP contribution >= 0.6 is 0 Å². The molecule has 0 unspecified atom stereocenters. The third kappa shape index (κ3) is 4.35. The zero-order chi connectivity index (χ0) is 29.7. The van der Waals surface area contributed by atoms with Gasteiger partial charge in [-0.15, -0.1) is 0 Å². The number of nitrogens with zero attached hydrogens (tertiary/aromatic N) is 2. The lowest BCUT2D eigenvalue weighted by molar-refractivity contribution is 0.623. The van der Waals surface area contributed by atoms with E-state index < -0.39 is 0 Å². The first-order valence-electron chi connectivity index (χ1n) is 15.0. The number of oxazole rings is 1. The summed E-state index contributed by atoms with van der Waals surface area (Å²) in [7, 11) is 0. The van der Waals surface area contributed by atoms with Gasteiger partial charge in [0.05, 0.1) is 0 Å². The minimum Gasteiger partial charge on any atom is -0.456 e. The Balaban J connectivity index is 1.12. The maximum absolute atomic E-state index is 6.33. The van der Waals surface area contributed by atoms with Crippen LogP contribution in [-0.4, -0.2) is 4.98 Å². The summed E-state index contributed by atoms with van der Waals surface area (Å²) in [5.74, 6) is 0.635. The number of rotatable bonds is 5. The highest BCUT2D eigenvalue weighted by atomic mass is 16.3. The Bertz CT molecular complexity index is 2480. The molecule has 9 rings (SSSR count). The molecule has 0 atom stereocenters. The molecule has 0 saturated heterocycles. The summed E-state index contributed by atoms with van der Waals surface area (Å²) in [6.07, 6.45) is 0. The molecule has 0 fully saturated rings. The molecule has 7 aromatic carbocycles. The Morgan fingerprint density at radius 2 is 1.09 bits per heavy atom. The van der Waals surface area contributed by atoms with Crippen molar-refractivity contribution in [2.45, 2.75) is 0 Å². The third-order valence-electron chi connectivity index (χ3n) is 8.48. The van der Waals surface area contributed by atoms with Crippen LogP contribution in [0, 0.1) is 0 Å². The van der Waals surface area contributed by atoms with Crippen molar-refractivity contribution in [1.29, 1.82) is 0 Å². The Morgan fingerprint density at radius 1 is 0.422 bits per heavy atom. The van der Waals surface area contributed by atoms with Crippen molar-refractivity contribution in [1.82, 2.24) is 4.98 Å². The Hall–Kier alpha value is -6.13. The van der Waals surface area contributed by atoms with E-state index in [1.165, 1.54) is 0 Å². The highest BCUT2D eigenvalue weighted by Gasteiger charge is 2.16. The first-order chi connectivity index (χ1) is 22.3. The van der Waals surface area contributed by atoms with Gasteiger partial charge in [-0.05, 0) is 89.3 Å². The molecule has 2 aromatic heterocycles. The van der Waals surface area contributed by atoms with Gasteiger partial charge in [-0.25, -0.2) is 4.98 Å². The second kappa shape index (κ2) is 10.2. The molecule has 0 N–H and O–H groups in total. The second-order valence-electron chi connectivity index (χ2n) is 11.2. The van der Waals surface area contributed by atoms with E-state index in [1.54, 1.807) is 0 Å². The molecule has 212 valence electrons. The minimum absolute atomic E-state index is 0.635. The molecule has 2 heterocycles. The van der Waals surface area contributed by atoms with Crippen LogP contribution in [0.2, 0.25) is 0 Å². The molecule has 0 aliphatic heterocycles. The SMILES string of the molecule is c1ccc(-c2nc3ccc4ccc(-c5ccc(N(c6ccccc6)c6ccc7oc8ccccc8c7c6)cc5)cc4c3o2)cc1. The molecule has 0 bridgehead atoms. The van der Waals surface area contributed by atoms with Crippen LogP contribution in [0.25, 0.3) is 66.4 Å². The van der Waals surface area contributed by atoms with Crippen LogP contribution in [0.15, 0.2) is 167 Å². The van der Waals surface area contributed by atoms with E-state index >= 15 is 0 Å². The van der Waals surface area contributed by atoms with Crippen molar-refractivity contribution < 1.29 is 8.83 Å². The van der Waals surface area contributed by atoms with Crippen molar-refractivity contribution in [3.63, 3.8) is 0 Å². The number of para-hydroxylation sites is 2. The standard InChI is InChI=1S/C41H26N2O2/c1-3-9-29(10-4-1)41-42-37-23-19-28-15-16-30(25-35(28)40(37)45-41)27-17-20-32(21-18-27)43(31-11-5-2-6-12-31)33-22-24-39-36(26-33)34-13-7-8-14-38(34)44-39/h1-26H. The predicted molar refractivity (Wildman–Crippen MR) is 184 cm³/mol. The van der Waals surface area contributed by atoms with Gasteiger partial charge in [0, 0.05) is 38.8 Å². The molecular formula is C41H26N2O2. The maximum atomic E-state index is 6.33. The Labute approximate surface area is 259 Å². The van der Waals surface area contributed by atoms with E-state index in [-0.39, 0.29) is 0 Å². The fourth-order valence-electron chi connectivity index (χ4n) is 6.27. The average molecular weight is 579 g/mol. The smallest absolute Gasteiger partial charge is 0.227 e. The van der Waals surface area contributed by atoms with E-state index in [1.807, 2.05) is 54.6 Å². The number of furan rings is 1. The zero-order valence-electron chi connectivity index (χ0n) is 24.2. The summed E-state index contributed by atoms with van der Waals surface area (Å²) in [5, 5.41) is 4.39. The van der Waals surface area contributed by atoms with E-state index in [2.05, 4.69) is 108 Å². The van der Waals surface area contributed by atoms with Crippen LogP contribution in [0.5, 0.6) is 0 Å². The quantitative estimate of drug-likeness (QED) is 0.204. The zero-order valence-corrected chi connectivity index (χ0v) is 24.2. The molecule has 4 heteroatoms. The van der Waals surface area contributed by atoms with E-state index in [0.29, 0.717) is 5.89 Å². The summed E-state index contributed by atoms with van der Waals surface area (Å²) in [5.41, 5.74) is 9.90. The number of hydrogen-bond acceptors (Lipinski definition) is 4. The Kier molecular flexibility index (Phi) is 5.78. The third-order valence-corrected chi connectivity index (χ3v) is 8.48. The average Bonchev–Trinajstić information content (AvgIpc) is 3.72. The van der Waals surface area contributed by atoms with E-state index in [4.69, 9.17) is 13.8 Å². The van der Waals surface area contributed by atoms with Crippen molar-refractivity contribution in [2.75, 3.05) is 4.90 Å². The molecule has 0 saturated carbocycles. The van der Waals surface area contributed by atoms with Crippen molar-refractivity contribution in [2.24, 2.45) is 0 Å². The van der Waals surface area contributed by atoms with Crippen LogP contribution in [0.3, 0.4) is 0 Å². The van der Waals surface area contributed by atoms with Crippen LogP contribution in [-0.2, 0) is 0 Å². The highest BCUT2D eigenvalue weighted by Crippen LogP contribution is 2.40. The van der Waals surface area contributed by atoms with Crippen LogP contribution in [0.1, 0.15) is 0 Å². The summed E-state index contributed by atoms with van der Waals surface area (Å²) in [6, 6.07) is 54.6. The van der Waals surface area contributed by atoms with Gasteiger partial charge in [-0.2, -0.15) is 0 Å². The lowest BCUT2D eigenvalue weighted by Crippen LogP contribution is -2.09. The number of benzene rings is 7. The number of fused-ring (bicyclic) bond motifs is 6. The van der Waals surface area contributed by atoms with Gasteiger partial charge in [-0.1, -0.05) is 84.9 Å². The largest absolute Gasteiger partial charge is 0.456 e. The summed E-state index contributed by atoms with van der Waals surface area (Å²) in [4.78, 5) is 7.06. The lowest BCUT2D eigenvalue weighted by Gasteiger charge is -2.25. The highest BCUT2D eigenvalue weighted by molar-refractivity contribution is 6.07. The maximum Gasteiger partial charge on any atom is 0.227 e. The molecule has 0 aliphatic rings. The van der Waals surface area contributed by atoms with E-state index in [0.717, 1.165) is 77.6 Å². The first-order valence-corrected chi connectivity index (χ1v) is 15.0. The molecule has 0 amide bonds.